The second-order valence-electron chi connectivity index (χ2n) is 7.01. The van der Waals surface area contributed by atoms with Gasteiger partial charge in [0.15, 0.2) is 0 Å². The van der Waals surface area contributed by atoms with Gasteiger partial charge >= 0.3 is 0 Å². The Bertz CT molecular complexity index is 626. The van der Waals surface area contributed by atoms with Gasteiger partial charge in [-0.05, 0) is 49.9 Å². The molecule has 1 aromatic rings. The predicted octanol–water partition coefficient (Wildman–Crippen LogP) is 2.26. The Balaban J connectivity index is 1.57. The number of nitrogens with zero attached hydrogens (tertiary/aromatic N) is 3. The SMILES string of the molecule is CC(=O)N1CCC[C@H]1C(=O)N(C)C1CCN(c2ccc(F)cc2)CC1. The molecule has 3 rings (SSSR count). The van der Waals surface area contributed by atoms with Crippen LogP contribution in [0.25, 0.3) is 0 Å². The molecule has 0 aliphatic carbocycles. The van der Waals surface area contributed by atoms with E-state index in [1.165, 1.54) is 19.1 Å². The molecule has 1 aromatic carbocycles. The van der Waals surface area contributed by atoms with Crippen molar-refractivity contribution in [1.29, 1.82) is 0 Å². The summed E-state index contributed by atoms with van der Waals surface area (Å²) in [6, 6.07) is 6.46. The molecule has 0 unspecified atom stereocenters. The first-order valence-corrected chi connectivity index (χ1v) is 9.02. The highest BCUT2D eigenvalue weighted by Crippen LogP contribution is 2.25. The molecule has 2 amide bonds. The first kappa shape index (κ1) is 17.7. The fourth-order valence-corrected chi connectivity index (χ4v) is 3.98. The van der Waals surface area contributed by atoms with Crippen LogP contribution in [0.1, 0.15) is 32.6 Å². The number of likely N-dealkylation sites (N-methyl/N-ethyl adjacent to an activating group) is 1. The van der Waals surface area contributed by atoms with E-state index < -0.39 is 0 Å². The molecule has 6 heteroatoms. The zero-order chi connectivity index (χ0) is 18.0. The van der Waals surface area contributed by atoms with Crippen LogP contribution in [0, 0.1) is 5.82 Å². The van der Waals surface area contributed by atoms with E-state index in [1.807, 2.05) is 11.9 Å². The fraction of sp³-hybridized carbons (Fsp3) is 0.579. The quantitative estimate of drug-likeness (QED) is 0.842. The lowest BCUT2D eigenvalue weighted by Crippen LogP contribution is -2.52. The van der Waals surface area contributed by atoms with Gasteiger partial charge in [-0.25, -0.2) is 4.39 Å². The molecule has 0 saturated carbocycles. The Morgan fingerprint density at radius 3 is 2.32 bits per heavy atom. The van der Waals surface area contributed by atoms with Gasteiger partial charge in [-0.2, -0.15) is 0 Å². The summed E-state index contributed by atoms with van der Waals surface area (Å²) < 4.78 is 13.1. The molecule has 25 heavy (non-hydrogen) atoms. The van der Waals surface area contributed by atoms with Gasteiger partial charge in [0.2, 0.25) is 11.8 Å². The van der Waals surface area contributed by atoms with E-state index >= 15 is 0 Å². The zero-order valence-electron chi connectivity index (χ0n) is 14.9. The van der Waals surface area contributed by atoms with Crippen molar-refractivity contribution in [3.63, 3.8) is 0 Å². The lowest BCUT2D eigenvalue weighted by molar-refractivity contribution is -0.143. The third-order valence-electron chi connectivity index (χ3n) is 5.49. The number of anilines is 1. The van der Waals surface area contributed by atoms with E-state index in [1.54, 1.807) is 17.0 Å². The van der Waals surface area contributed by atoms with E-state index in [0.29, 0.717) is 6.54 Å². The van der Waals surface area contributed by atoms with Gasteiger partial charge in [-0.1, -0.05) is 0 Å². The number of rotatable bonds is 3. The largest absolute Gasteiger partial charge is 0.371 e. The molecule has 2 aliphatic heterocycles. The first-order valence-electron chi connectivity index (χ1n) is 9.02. The number of piperidine rings is 1. The molecule has 2 fully saturated rings. The van der Waals surface area contributed by atoms with Crippen molar-refractivity contribution in [2.24, 2.45) is 0 Å². The zero-order valence-corrected chi connectivity index (χ0v) is 14.9. The third-order valence-corrected chi connectivity index (χ3v) is 5.49. The van der Waals surface area contributed by atoms with Gasteiger partial charge < -0.3 is 14.7 Å². The van der Waals surface area contributed by atoms with E-state index in [0.717, 1.165) is 44.5 Å². The van der Waals surface area contributed by atoms with E-state index in [-0.39, 0.29) is 29.7 Å². The average Bonchev–Trinajstić information content (AvgIpc) is 3.11. The van der Waals surface area contributed by atoms with Crippen LogP contribution >= 0.6 is 0 Å². The van der Waals surface area contributed by atoms with Gasteiger partial charge in [-0.3, -0.25) is 9.59 Å². The number of hydrogen-bond donors (Lipinski definition) is 0. The molecule has 0 radical (unpaired) electrons. The summed E-state index contributed by atoms with van der Waals surface area (Å²) in [5, 5.41) is 0. The minimum atomic E-state index is -0.294. The Kier molecular flexibility index (Phi) is 5.25. The highest BCUT2D eigenvalue weighted by atomic mass is 19.1. The first-order chi connectivity index (χ1) is 12.0. The number of halogens is 1. The summed E-state index contributed by atoms with van der Waals surface area (Å²) >= 11 is 0. The second-order valence-corrected chi connectivity index (χ2v) is 7.01. The highest BCUT2D eigenvalue weighted by molar-refractivity contribution is 5.87. The van der Waals surface area contributed by atoms with Crippen LogP contribution in [0.4, 0.5) is 10.1 Å². The van der Waals surface area contributed by atoms with Crippen LogP contribution in [0.2, 0.25) is 0 Å². The molecule has 2 heterocycles. The van der Waals surface area contributed by atoms with Gasteiger partial charge in [-0.15, -0.1) is 0 Å². The standard InChI is InChI=1S/C19H26FN3O2/c1-14(24)23-11-3-4-18(23)19(25)21(2)16-9-12-22(13-10-16)17-7-5-15(20)6-8-17/h5-8,16,18H,3-4,9-13H2,1-2H3/t18-/m0/s1. The van der Waals surface area contributed by atoms with Crippen molar-refractivity contribution >= 4 is 17.5 Å². The van der Waals surface area contributed by atoms with Gasteiger partial charge in [0.1, 0.15) is 11.9 Å². The molecule has 2 aliphatic rings. The van der Waals surface area contributed by atoms with Gasteiger partial charge in [0, 0.05) is 45.3 Å². The van der Waals surface area contributed by atoms with Crippen LogP contribution in [0.5, 0.6) is 0 Å². The Morgan fingerprint density at radius 2 is 1.72 bits per heavy atom. The summed E-state index contributed by atoms with van der Waals surface area (Å²) in [6.45, 7) is 3.90. The summed E-state index contributed by atoms with van der Waals surface area (Å²) in [5.74, 6) is -0.182. The Morgan fingerprint density at radius 1 is 1.08 bits per heavy atom. The van der Waals surface area contributed by atoms with Crippen molar-refractivity contribution in [2.45, 2.75) is 44.7 Å². The van der Waals surface area contributed by atoms with Crippen LogP contribution in [0.15, 0.2) is 24.3 Å². The number of likely N-dealkylation sites (tertiary alicyclic amines) is 1. The van der Waals surface area contributed by atoms with Crippen LogP contribution in [-0.2, 0) is 9.59 Å². The maximum Gasteiger partial charge on any atom is 0.245 e. The third kappa shape index (κ3) is 3.78. The second kappa shape index (κ2) is 7.42. The van der Waals surface area contributed by atoms with Crippen LogP contribution in [0.3, 0.4) is 0 Å². The number of carbonyl (C=O) groups excluding carboxylic acids is 2. The number of benzene rings is 1. The topological polar surface area (TPSA) is 43.9 Å². The fourth-order valence-electron chi connectivity index (χ4n) is 3.98. The average molecular weight is 347 g/mol. The van der Waals surface area contributed by atoms with Crippen molar-refractivity contribution in [3.05, 3.63) is 30.1 Å². The van der Waals surface area contributed by atoms with Crippen LogP contribution in [-0.4, -0.2) is 60.4 Å². The minimum absolute atomic E-state index is 0.0182. The van der Waals surface area contributed by atoms with Crippen molar-refractivity contribution in [2.75, 3.05) is 31.6 Å². The van der Waals surface area contributed by atoms with Gasteiger partial charge in [0.25, 0.3) is 0 Å². The molecular weight excluding hydrogens is 321 g/mol. The molecular formula is C19H26FN3O2. The Hall–Kier alpha value is -2.11. The lowest BCUT2D eigenvalue weighted by Gasteiger charge is -2.39. The monoisotopic (exact) mass is 347 g/mol. The molecule has 0 aromatic heterocycles. The predicted molar refractivity (Wildman–Crippen MR) is 94.8 cm³/mol. The molecule has 0 spiro atoms. The maximum absolute atomic E-state index is 13.1. The molecule has 1 atom stereocenters. The summed E-state index contributed by atoms with van der Waals surface area (Å²) in [5.41, 5.74) is 1.02. The molecule has 0 bridgehead atoms. The van der Waals surface area contributed by atoms with Gasteiger partial charge in [0.05, 0.1) is 0 Å². The normalized spacial score (nSPS) is 21.5. The van der Waals surface area contributed by atoms with E-state index in [9.17, 15) is 14.0 Å². The summed E-state index contributed by atoms with van der Waals surface area (Å²) in [6.07, 6.45) is 3.42. The molecule has 136 valence electrons. The molecule has 0 N–H and O–H groups in total. The highest BCUT2D eigenvalue weighted by Gasteiger charge is 2.36. The van der Waals surface area contributed by atoms with E-state index in [4.69, 9.17) is 0 Å². The lowest BCUT2D eigenvalue weighted by atomic mass is 10.0. The maximum atomic E-state index is 13.1. The number of amides is 2. The van der Waals surface area contributed by atoms with Crippen LogP contribution < -0.4 is 4.90 Å². The van der Waals surface area contributed by atoms with E-state index in [2.05, 4.69) is 4.90 Å². The van der Waals surface area contributed by atoms with Crippen molar-refractivity contribution in [1.82, 2.24) is 9.80 Å². The minimum Gasteiger partial charge on any atom is -0.371 e. The van der Waals surface area contributed by atoms with Crippen molar-refractivity contribution < 1.29 is 14.0 Å². The number of carbonyl (C=O) groups is 2. The number of hydrogen-bond acceptors (Lipinski definition) is 3. The van der Waals surface area contributed by atoms with Crippen molar-refractivity contribution in [3.8, 4) is 0 Å². The molecule has 5 nitrogen and oxygen atoms in total. The molecule has 2 saturated heterocycles. The Labute approximate surface area is 148 Å². The summed E-state index contributed by atoms with van der Waals surface area (Å²) in [4.78, 5) is 30.3. The summed E-state index contributed by atoms with van der Waals surface area (Å²) in [7, 11) is 1.86. The smallest absolute Gasteiger partial charge is 0.245 e.